The first-order valence-corrected chi connectivity index (χ1v) is 9.04. The van der Waals surface area contributed by atoms with Gasteiger partial charge in [-0.15, -0.1) is 0 Å². The van der Waals surface area contributed by atoms with E-state index in [1.54, 1.807) is 38.3 Å². The summed E-state index contributed by atoms with van der Waals surface area (Å²) in [6.07, 6.45) is 1.73. The Morgan fingerprint density at radius 3 is 2.31 bits per heavy atom. The van der Waals surface area contributed by atoms with Crippen molar-refractivity contribution in [2.24, 2.45) is 7.05 Å². The van der Waals surface area contributed by atoms with Crippen molar-refractivity contribution in [2.45, 2.75) is 19.9 Å². The molecule has 1 amide bonds. The van der Waals surface area contributed by atoms with E-state index >= 15 is 0 Å². The van der Waals surface area contributed by atoms with Gasteiger partial charge in [0.25, 0.3) is 5.91 Å². The second-order valence-electron chi connectivity index (χ2n) is 6.59. The van der Waals surface area contributed by atoms with Crippen LogP contribution in [0.2, 0.25) is 0 Å². The summed E-state index contributed by atoms with van der Waals surface area (Å²) < 4.78 is 17.9. The molecule has 2 aromatic heterocycles. The molecule has 0 aliphatic rings. The number of aromatic amines is 1. The Balaban J connectivity index is 1.80. The van der Waals surface area contributed by atoms with Crippen LogP contribution in [-0.4, -0.2) is 47.2 Å². The second kappa shape index (κ2) is 8.26. The van der Waals surface area contributed by atoms with E-state index in [2.05, 4.69) is 20.6 Å². The summed E-state index contributed by atoms with van der Waals surface area (Å²) in [5, 5.41) is 14.2. The van der Waals surface area contributed by atoms with E-state index in [0.717, 1.165) is 16.8 Å². The predicted molar refractivity (Wildman–Crippen MR) is 108 cm³/mol. The summed E-state index contributed by atoms with van der Waals surface area (Å²) in [5.74, 6) is 1.28. The summed E-state index contributed by atoms with van der Waals surface area (Å²) in [4.78, 5) is 12.7. The maximum atomic E-state index is 12.7. The van der Waals surface area contributed by atoms with Gasteiger partial charge in [-0.1, -0.05) is 0 Å². The number of ether oxygens (including phenoxy) is 3. The lowest BCUT2D eigenvalue weighted by Crippen LogP contribution is -2.27. The zero-order chi connectivity index (χ0) is 21.1. The molecule has 1 aromatic carbocycles. The van der Waals surface area contributed by atoms with Gasteiger partial charge in [-0.2, -0.15) is 10.2 Å². The van der Waals surface area contributed by atoms with E-state index in [1.165, 1.54) is 0 Å². The molecule has 9 nitrogen and oxygen atoms in total. The van der Waals surface area contributed by atoms with Crippen LogP contribution in [-0.2, 0) is 7.05 Å². The molecule has 0 radical (unpaired) electrons. The van der Waals surface area contributed by atoms with Gasteiger partial charge in [-0.25, -0.2) is 0 Å². The molecule has 0 saturated heterocycles. The van der Waals surface area contributed by atoms with Crippen LogP contribution in [0.1, 0.15) is 34.7 Å². The van der Waals surface area contributed by atoms with Gasteiger partial charge < -0.3 is 19.5 Å². The number of methoxy groups -OCH3 is 3. The number of rotatable bonds is 7. The van der Waals surface area contributed by atoms with Crippen LogP contribution in [0.5, 0.6) is 17.2 Å². The minimum Gasteiger partial charge on any atom is -0.493 e. The molecule has 3 aromatic rings. The normalized spacial score (nSPS) is 11.8. The Bertz CT molecular complexity index is 999. The number of carbonyl (C=O) groups is 1. The first-order valence-electron chi connectivity index (χ1n) is 9.04. The van der Waals surface area contributed by atoms with Gasteiger partial charge in [-0.3, -0.25) is 14.6 Å². The topological polar surface area (TPSA) is 103 Å². The quantitative estimate of drug-likeness (QED) is 0.633. The second-order valence-corrected chi connectivity index (χ2v) is 6.59. The van der Waals surface area contributed by atoms with Crippen molar-refractivity contribution in [3.8, 4) is 28.5 Å². The molecule has 0 saturated carbocycles. The monoisotopic (exact) mass is 399 g/mol. The Morgan fingerprint density at radius 1 is 1.14 bits per heavy atom. The lowest BCUT2D eigenvalue weighted by molar-refractivity contribution is 0.0934. The summed E-state index contributed by atoms with van der Waals surface area (Å²) in [6, 6.07) is 5.03. The smallest absolute Gasteiger partial charge is 0.269 e. The third-order valence-electron chi connectivity index (χ3n) is 4.87. The maximum absolute atomic E-state index is 12.7. The highest BCUT2D eigenvalue weighted by molar-refractivity contribution is 5.93. The molecule has 0 aliphatic carbocycles. The molecular formula is C20H25N5O4. The third-order valence-corrected chi connectivity index (χ3v) is 4.87. The molecule has 9 heteroatoms. The average molecular weight is 399 g/mol. The van der Waals surface area contributed by atoms with E-state index in [0.29, 0.717) is 28.6 Å². The van der Waals surface area contributed by atoms with Crippen molar-refractivity contribution in [3.05, 3.63) is 41.3 Å². The number of aromatic nitrogens is 4. The lowest BCUT2D eigenvalue weighted by Gasteiger charge is -2.18. The molecule has 3 rings (SSSR count). The van der Waals surface area contributed by atoms with Crippen LogP contribution in [0.3, 0.4) is 0 Å². The van der Waals surface area contributed by atoms with Gasteiger partial charge in [0, 0.05) is 18.3 Å². The van der Waals surface area contributed by atoms with E-state index in [9.17, 15) is 4.79 Å². The van der Waals surface area contributed by atoms with Gasteiger partial charge in [-0.05, 0) is 37.6 Å². The summed E-state index contributed by atoms with van der Waals surface area (Å²) in [5.41, 5.74) is 3.69. The molecule has 0 fully saturated rings. The Morgan fingerprint density at radius 2 is 1.79 bits per heavy atom. The Labute approximate surface area is 169 Å². The number of amides is 1. The number of hydrogen-bond acceptors (Lipinski definition) is 6. The zero-order valence-corrected chi connectivity index (χ0v) is 17.4. The van der Waals surface area contributed by atoms with E-state index < -0.39 is 0 Å². The van der Waals surface area contributed by atoms with Crippen LogP contribution in [0.4, 0.5) is 0 Å². The molecule has 2 N–H and O–H groups in total. The number of nitrogens with one attached hydrogen (secondary N) is 2. The van der Waals surface area contributed by atoms with Gasteiger partial charge in [0.05, 0.1) is 39.3 Å². The van der Waals surface area contributed by atoms with Crippen molar-refractivity contribution in [3.63, 3.8) is 0 Å². The highest BCUT2D eigenvalue weighted by Gasteiger charge is 2.20. The first-order chi connectivity index (χ1) is 13.9. The standard InChI is InChI=1S/C20H25N5O4/c1-11(13-7-17(27-4)19(29-6)18(8-13)28-5)22-20(26)16-9-15(23-24-16)14-10-21-25(3)12(14)2/h7-11H,1-6H3,(H,22,26)(H,23,24). The number of nitrogens with zero attached hydrogens (tertiary/aromatic N) is 3. The third kappa shape index (κ3) is 3.89. The largest absolute Gasteiger partial charge is 0.493 e. The van der Waals surface area contributed by atoms with E-state index in [4.69, 9.17) is 14.2 Å². The predicted octanol–water partition coefficient (Wildman–Crippen LogP) is 2.64. The highest BCUT2D eigenvalue weighted by atomic mass is 16.5. The maximum Gasteiger partial charge on any atom is 0.269 e. The van der Waals surface area contributed by atoms with Crippen molar-refractivity contribution in [1.82, 2.24) is 25.3 Å². The van der Waals surface area contributed by atoms with Crippen molar-refractivity contribution in [2.75, 3.05) is 21.3 Å². The molecule has 29 heavy (non-hydrogen) atoms. The van der Waals surface area contributed by atoms with Crippen molar-refractivity contribution in [1.29, 1.82) is 0 Å². The van der Waals surface area contributed by atoms with Crippen LogP contribution in [0.15, 0.2) is 24.4 Å². The molecule has 154 valence electrons. The Hall–Kier alpha value is -3.49. The average Bonchev–Trinajstić information content (AvgIpc) is 3.34. The number of H-pyrrole nitrogens is 1. The number of hydrogen-bond donors (Lipinski definition) is 2. The van der Waals surface area contributed by atoms with Crippen LogP contribution >= 0.6 is 0 Å². The van der Waals surface area contributed by atoms with Crippen LogP contribution < -0.4 is 19.5 Å². The van der Waals surface area contributed by atoms with Gasteiger partial charge >= 0.3 is 0 Å². The minimum absolute atomic E-state index is 0.272. The van der Waals surface area contributed by atoms with Gasteiger partial charge in [0.2, 0.25) is 5.75 Å². The van der Waals surface area contributed by atoms with Crippen molar-refractivity contribution >= 4 is 5.91 Å². The molecule has 1 unspecified atom stereocenters. The summed E-state index contributed by atoms with van der Waals surface area (Å²) in [6.45, 7) is 3.82. The zero-order valence-electron chi connectivity index (χ0n) is 17.4. The fourth-order valence-electron chi connectivity index (χ4n) is 3.04. The van der Waals surface area contributed by atoms with Crippen LogP contribution in [0.25, 0.3) is 11.3 Å². The van der Waals surface area contributed by atoms with E-state index in [-0.39, 0.29) is 11.9 Å². The molecule has 0 bridgehead atoms. The van der Waals surface area contributed by atoms with Gasteiger partial charge in [0.1, 0.15) is 5.69 Å². The van der Waals surface area contributed by atoms with Crippen molar-refractivity contribution < 1.29 is 19.0 Å². The lowest BCUT2D eigenvalue weighted by atomic mass is 10.1. The fraction of sp³-hybridized carbons (Fsp3) is 0.350. The summed E-state index contributed by atoms with van der Waals surface area (Å²) >= 11 is 0. The highest BCUT2D eigenvalue weighted by Crippen LogP contribution is 2.39. The Kier molecular flexibility index (Phi) is 5.76. The first kappa shape index (κ1) is 20.2. The SMILES string of the molecule is COc1cc(C(C)NC(=O)c2cc(-c3cnn(C)c3C)n[nH]2)cc(OC)c1OC. The molecule has 1 atom stereocenters. The number of benzene rings is 1. The molecule has 2 heterocycles. The molecular weight excluding hydrogens is 374 g/mol. The molecule has 0 aliphatic heterocycles. The van der Waals surface area contributed by atoms with Gasteiger partial charge in [0.15, 0.2) is 11.5 Å². The minimum atomic E-state index is -0.303. The fourth-order valence-corrected chi connectivity index (χ4v) is 3.04. The number of aryl methyl sites for hydroxylation is 1. The van der Waals surface area contributed by atoms with E-state index in [1.807, 2.05) is 33.0 Å². The summed E-state index contributed by atoms with van der Waals surface area (Å²) in [7, 11) is 6.51. The molecule has 0 spiro atoms. The number of carbonyl (C=O) groups excluding carboxylic acids is 1. The van der Waals surface area contributed by atoms with Crippen LogP contribution in [0, 0.1) is 6.92 Å².